The number of nitrogens with one attached hydrogen (secondary N) is 2. The molecule has 10 heteroatoms. The van der Waals surface area contributed by atoms with E-state index in [1.165, 1.54) is 6.33 Å². The van der Waals surface area contributed by atoms with Crippen LogP contribution in [0.25, 0.3) is 11.0 Å². The van der Waals surface area contributed by atoms with E-state index in [1.807, 2.05) is 6.92 Å². The Kier molecular flexibility index (Phi) is 5.07. The van der Waals surface area contributed by atoms with Gasteiger partial charge in [-0.15, -0.1) is 0 Å². The van der Waals surface area contributed by atoms with Crippen molar-refractivity contribution in [3.63, 3.8) is 0 Å². The zero-order valence-electron chi connectivity index (χ0n) is 18.6. The van der Waals surface area contributed by atoms with Gasteiger partial charge in [0, 0.05) is 31.0 Å². The summed E-state index contributed by atoms with van der Waals surface area (Å²) < 4.78 is 60.1. The fraction of sp³-hybridized carbons (Fsp3) is 0.500. The number of likely N-dealkylation sites (tertiary alicyclic amines) is 1. The standard InChI is InChI=1S/C24H25F4N5O/c1-12-4-15(25)5-17-16(12)2-3-19(33-7-13-9-34-10-14(13)8-33)21(17)32-23-18-6-20(24(26,27)28)31-22(18)29-11-30-23/h4-6,11,13-14,19,21H,2-3,7-10H2,1H3,(H2,29,30,31,32)/t13-,14+,19-,21-/m0/s1. The number of benzene rings is 1. The average Bonchev–Trinajstić information content (AvgIpc) is 3.48. The van der Waals surface area contributed by atoms with Gasteiger partial charge in [0.05, 0.1) is 24.6 Å². The number of anilines is 1. The largest absolute Gasteiger partial charge is 0.431 e. The van der Waals surface area contributed by atoms with E-state index in [0.29, 0.717) is 17.7 Å². The molecule has 2 fully saturated rings. The highest BCUT2D eigenvalue weighted by molar-refractivity contribution is 5.88. The van der Waals surface area contributed by atoms with Crippen molar-refractivity contribution in [1.29, 1.82) is 0 Å². The summed E-state index contributed by atoms with van der Waals surface area (Å²) in [4.78, 5) is 13.1. The van der Waals surface area contributed by atoms with Crippen molar-refractivity contribution in [2.45, 2.75) is 38.0 Å². The number of aryl methyl sites for hydroxylation is 1. The number of aromatic nitrogens is 3. The molecule has 3 aliphatic rings. The van der Waals surface area contributed by atoms with Crippen molar-refractivity contribution >= 4 is 16.9 Å². The molecule has 0 radical (unpaired) electrons. The summed E-state index contributed by atoms with van der Waals surface area (Å²) in [5.74, 6) is 0.968. The van der Waals surface area contributed by atoms with Crippen molar-refractivity contribution < 1.29 is 22.3 Å². The quantitative estimate of drug-likeness (QED) is 0.548. The number of aromatic amines is 1. The maximum absolute atomic E-state index is 14.5. The van der Waals surface area contributed by atoms with Crippen LogP contribution in [-0.4, -0.2) is 52.2 Å². The molecule has 2 N–H and O–H groups in total. The first-order valence-corrected chi connectivity index (χ1v) is 11.6. The van der Waals surface area contributed by atoms with Gasteiger partial charge in [-0.05, 0) is 54.7 Å². The van der Waals surface area contributed by atoms with Crippen LogP contribution < -0.4 is 5.32 Å². The average molecular weight is 475 g/mol. The first-order chi connectivity index (χ1) is 16.3. The molecular formula is C24H25F4N5O. The minimum atomic E-state index is -4.52. The number of ether oxygens (including phenoxy) is 1. The Balaban J connectivity index is 1.41. The van der Waals surface area contributed by atoms with Crippen LogP contribution in [-0.2, 0) is 17.3 Å². The van der Waals surface area contributed by atoms with E-state index in [2.05, 4.69) is 25.2 Å². The lowest BCUT2D eigenvalue weighted by Gasteiger charge is -2.40. The summed E-state index contributed by atoms with van der Waals surface area (Å²) in [6, 6.07) is 3.87. The number of hydrogen-bond donors (Lipinski definition) is 2. The number of halogens is 4. The molecule has 0 saturated carbocycles. The van der Waals surface area contributed by atoms with Gasteiger partial charge in [0.25, 0.3) is 0 Å². The maximum Gasteiger partial charge on any atom is 0.431 e. The van der Waals surface area contributed by atoms with Crippen LogP contribution in [0, 0.1) is 24.6 Å². The molecule has 4 atom stereocenters. The van der Waals surface area contributed by atoms with Gasteiger partial charge in [-0.2, -0.15) is 13.2 Å². The second-order valence-electron chi connectivity index (χ2n) is 9.70. The minimum absolute atomic E-state index is 0.0605. The van der Waals surface area contributed by atoms with E-state index in [0.717, 1.165) is 61.9 Å². The second-order valence-corrected chi connectivity index (χ2v) is 9.70. The van der Waals surface area contributed by atoms with Crippen molar-refractivity contribution in [2.24, 2.45) is 11.8 Å². The van der Waals surface area contributed by atoms with Gasteiger partial charge < -0.3 is 15.0 Å². The molecule has 2 saturated heterocycles. The SMILES string of the molecule is Cc1cc(F)cc2c1CC[C@H](N1C[C@H]3COC[C@H]3C1)[C@H]2Nc1ncnc2[nH]c(C(F)(F)F)cc12. The monoisotopic (exact) mass is 475 g/mol. The van der Waals surface area contributed by atoms with E-state index in [-0.39, 0.29) is 28.9 Å². The summed E-state index contributed by atoms with van der Waals surface area (Å²) in [6.07, 6.45) is -1.58. The van der Waals surface area contributed by atoms with Crippen LogP contribution in [0.4, 0.5) is 23.4 Å². The number of alkyl halides is 3. The lowest BCUT2D eigenvalue weighted by atomic mass is 9.81. The van der Waals surface area contributed by atoms with Gasteiger partial charge in [0.15, 0.2) is 0 Å². The first kappa shape index (κ1) is 21.8. The molecule has 180 valence electrons. The molecule has 3 aromatic rings. The van der Waals surface area contributed by atoms with Gasteiger partial charge in [-0.1, -0.05) is 0 Å². The molecule has 2 aliphatic heterocycles. The van der Waals surface area contributed by atoms with Crippen LogP contribution in [0.1, 0.15) is 34.8 Å². The Morgan fingerprint density at radius 2 is 1.88 bits per heavy atom. The predicted octanol–water partition coefficient (Wildman–Crippen LogP) is 4.47. The zero-order valence-corrected chi connectivity index (χ0v) is 18.6. The summed E-state index contributed by atoms with van der Waals surface area (Å²) in [6.45, 7) is 5.22. The molecular weight excluding hydrogens is 450 g/mol. The fourth-order valence-electron chi connectivity index (χ4n) is 6.00. The number of hydrogen-bond acceptors (Lipinski definition) is 5. The molecule has 6 rings (SSSR count). The predicted molar refractivity (Wildman–Crippen MR) is 118 cm³/mol. The molecule has 2 aromatic heterocycles. The number of rotatable bonds is 3. The maximum atomic E-state index is 14.5. The van der Waals surface area contributed by atoms with Crippen LogP contribution in [0.15, 0.2) is 24.5 Å². The zero-order chi connectivity index (χ0) is 23.6. The van der Waals surface area contributed by atoms with Gasteiger partial charge in [-0.3, -0.25) is 4.90 Å². The molecule has 34 heavy (non-hydrogen) atoms. The van der Waals surface area contributed by atoms with Crippen LogP contribution in [0.3, 0.4) is 0 Å². The van der Waals surface area contributed by atoms with E-state index in [1.54, 1.807) is 12.1 Å². The van der Waals surface area contributed by atoms with Crippen molar-refractivity contribution in [1.82, 2.24) is 19.9 Å². The van der Waals surface area contributed by atoms with Gasteiger partial charge in [0.1, 0.15) is 29.3 Å². The van der Waals surface area contributed by atoms with Gasteiger partial charge in [-0.25, -0.2) is 14.4 Å². The molecule has 6 nitrogen and oxygen atoms in total. The highest BCUT2D eigenvalue weighted by Crippen LogP contribution is 2.42. The number of nitrogens with zero attached hydrogens (tertiary/aromatic N) is 3. The molecule has 0 spiro atoms. The molecule has 1 aliphatic carbocycles. The van der Waals surface area contributed by atoms with Crippen LogP contribution in [0.2, 0.25) is 0 Å². The Morgan fingerprint density at radius 3 is 2.62 bits per heavy atom. The molecule has 0 bridgehead atoms. The highest BCUT2D eigenvalue weighted by atomic mass is 19.4. The Morgan fingerprint density at radius 1 is 1.12 bits per heavy atom. The third-order valence-corrected chi connectivity index (χ3v) is 7.64. The first-order valence-electron chi connectivity index (χ1n) is 11.6. The Bertz CT molecular complexity index is 1230. The van der Waals surface area contributed by atoms with Gasteiger partial charge in [0.2, 0.25) is 0 Å². The van der Waals surface area contributed by atoms with Crippen LogP contribution in [0.5, 0.6) is 0 Å². The third kappa shape index (κ3) is 3.63. The van der Waals surface area contributed by atoms with Crippen molar-refractivity contribution in [3.8, 4) is 0 Å². The van der Waals surface area contributed by atoms with E-state index in [9.17, 15) is 17.6 Å². The lowest BCUT2D eigenvalue weighted by molar-refractivity contribution is -0.140. The Labute approximate surface area is 193 Å². The fourth-order valence-corrected chi connectivity index (χ4v) is 6.00. The van der Waals surface area contributed by atoms with Gasteiger partial charge >= 0.3 is 6.18 Å². The molecule has 0 unspecified atom stereocenters. The summed E-state index contributed by atoms with van der Waals surface area (Å²) in [5.41, 5.74) is 2.07. The molecule has 4 heterocycles. The summed E-state index contributed by atoms with van der Waals surface area (Å²) >= 11 is 0. The summed E-state index contributed by atoms with van der Waals surface area (Å²) in [5, 5.41) is 3.68. The Hall–Kier alpha value is -2.72. The molecule has 0 amide bonds. The number of H-pyrrole nitrogens is 1. The third-order valence-electron chi connectivity index (χ3n) is 7.64. The second kappa shape index (κ2) is 7.91. The number of fused-ring (bicyclic) bond motifs is 3. The minimum Gasteiger partial charge on any atom is -0.381 e. The van der Waals surface area contributed by atoms with E-state index < -0.39 is 11.9 Å². The van der Waals surface area contributed by atoms with Crippen molar-refractivity contribution in [2.75, 3.05) is 31.6 Å². The topological polar surface area (TPSA) is 66.1 Å². The smallest absolute Gasteiger partial charge is 0.381 e. The van der Waals surface area contributed by atoms with E-state index in [4.69, 9.17) is 4.74 Å². The van der Waals surface area contributed by atoms with Crippen molar-refractivity contribution in [3.05, 3.63) is 52.7 Å². The summed E-state index contributed by atoms with van der Waals surface area (Å²) in [7, 11) is 0. The van der Waals surface area contributed by atoms with E-state index >= 15 is 0 Å². The molecule has 1 aromatic carbocycles. The lowest BCUT2D eigenvalue weighted by Crippen LogP contribution is -2.44. The van der Waals surface area contributed by atoms with Crippen LogP contribution >= 0.6 is 0 Å². The highest BCUT2D eigenvalue weighted by Gasteiger charge is 2.44. The normalized spacial score (nSPS) is 27.2.